The molecular formula is C13H20N4O3. The summed E-state index contributed by atoms with van der Waals surface area (Å²) in [6.45, 7) is 0.525. The summed E-state index contributed by atoms with van der Waals surface area (Å²) in [6, 6.07) is 0.0352. The summed E-state index contributed by atoms with van der Waals surface area (Å²) >= 11 is 0. The predicted octanol–water partition coefficient (Wildman–Crippen LogP) is -0.164. The first-order chi connectivity index (χ1) is 9.83. The SMILES string of the molecule is O[C@H]1[C@H](NC2CCCC2)[C@H]2CO[C@H](O2)[C@@H]1n1cncn1. The lowest BCUT2D eigenvalue weighted by Crippen LogP contribution is -2.59. The van der Waals surface area contributed by atoms with Gasteiger partial charge in [0, 0.05) is 6.04 Å². The van der Waals surface area contributed by atoms with E-state index in [0.717, 1.165) is 0 Å². The van der Waals surface area contributed by atoms with Crippen LogP contribution in [0, 0.1) is 0 Å². The van der Waals surface area contributed by atoms with Gasteiger partial charge in [-0.1, -0.05) is 12.8 Å². The van der Waals surface area contributed by atoms with Gasteiger partial charge in [0.05, 0.1) is 18.8 Å². The van der Waals surface area contributed by atoms with Crippen LogP contribution in [0.1, 0.15) is 31.7 Å². The highest BCUT2D eigenvalue weighted by atomic mass is 16.7. The summed E-state index contributed by atoms with van der Waals surface area (Å²) in [7, 11) is 0. The average Bonchev–Trinajstić information content (AvgIpc) is 3.18. The van der Waals surface area contributed by atoms with Crippen molar-refractivity contribution in [1.82, 2.24) is 20.1 Å². The number of rotatable bonds is 3. The Labute approximate surface area is 117 Å². The second-order valence-electron chi connectivity index (χ2n) is 5.91. The molecule has 0 spiro atoms. The molecule has 5 atom stereocenters. The molecule has 20 heavy (non-hydrogen) atoms. The topological polar surface area (TPSA) is 81.4 Å². The first-order valence-electron chi connectivity index (χ1n) is 7.38. The van der Waals surface area contributed by atoms with Gasteiger partial charge >= 0.3 is 0 Å². The van der Waals surface area contributed by atoms with Gasteiger partial charge in [0.25, 0.3) is 0 Å². The van der Waals surface area contributed by atoms with E-state index < -0.39 is 12.4 Å². The van der Waals surface area contributed by atoms with Crippen molar-refractivity contribution in [2.24, 2.45) is 0 Å². The first-order valence-corrected chi connectivity index (χ1v) is 7.38. The van der Waals surface area contributed by atoms with Crippen molar-refractivity contribution in [3.05, 3.63) is 12.7 Å². The molecule has 3 fully saturated rings. The summed E-state index contributed by atoms with van der Waals surface area (Å²) in [5.41, 5.74) is 0. The second kappa shape index (κ2) is 5.07. The van der Waals surface area contributed by atoms with E-state index in [-0.39, 0.29) is 18.2 Å². The Morgan fingerprint density at radius 2 is 2.15 bits per heavy atom. The van der Waals surface area contributed by atoms with Crippen LogP contribution in [0.25, 0.3) is 0 Å². The van der Waals surface area contributed by atoms with Crippen molar-refractivity contribution in [3.8, 4) is 0 Å². The largest absolute Gasteiger partial charge is 0.389 e. The van der Waals surface area contributed by atoms with E-state index in [0.29, 0.717) is 12.6 Å². The number of aromatic nitrogens is 3. The molecule has 1 aliphatic carbocycles. The van der Waals surface area contributed by atoms with E-state index in [1.807, 2.05) is 0 Å². The quantitative estimate of drug-likeness (QED) is 0.800. The molecule has 3 heterocycles. The summed E-state index contributed by atoms with van der Waals surface area (Å²) < 4.78 is 13.2. The molecule has 0 radical (unpaired) electrons. The zero-order valence-electron chi connectivity index (χ0n) is 11.3. The third kappa shape index (κ3) is 2.05. The molecule has 1 saturated carbocycles. The summed E-state index contributed by atoms with van der Waals surface area (Å²) in [4.78, 5) is 3.95. The third-order valence-electron chi connectivity index (χ3n) is 4.66. The van der Waals surface area contributed by atoms with E-state index in [2.05, 4.69) is 15.4 Å². The van der Waals surface area contributed by atoms with E-state index >= 15 is 0 Å². The smallest absolute Gasteiger partial charge is 0.183 e. The zero-order chi connectivity index (χ0) is 13.5. The van der Waals surface area contributed by atoms with Crippen LogP contribution < -0.4 is 5.32 Å². The normalized spacial score (nSPS) is 41.4. The van der Waals surface area contributed by atoms with Crippen molar-refractivity contribution in [1.29, 1.82) is 0 Å². The molecule has 0 unspecified atom stereocenters. The molecule has 7 heteroatoms. The van der Waals surface area contributed by atoms with Crippen LogP contribution >= 0.6 is 0 Å². The highest BCUT2D eigenvalue weighted by molar-refractivity contribution is 5.00. The van der Waals surface area contributed by atoms with Gasteiger partial charge < -0.3 is 19.9 Å². The lowest BCUT2D eigenvalue weighted by Gasteiger charge is -2.39. The number of aliphatic hydroxyl groups is 1. The highest BCUT2D eigenvalue weighted by Gasteiger charge is 2.51. The summed E-state index contributed by atoms with van der Waals surface area (Å²) in [6.07, 6.45) is 6.86. The number of nitrogens with zero attached hydrogens (tertiary/aromatic N) is 3. The minimum Gasteiger partial charge on any atom is -0.389 e. The molecule has 3 aliphatic rings. The van der Waals surface area contributed by atoms with Gasteiger partial charge in [-0.2, -0.15) is 5.10 Å². The third-order valence-corrected chi connectivity index (χ3v) is 4.66. The Morgan fingerprint density at radius 3 is 2.90 bits per heavy atom. The molecule has 2 bridgehead atoms. The van der Waals surface area contributed by atoms with Crippen LogP contribution in [-0.4, -0.2) is 57.1 Å². The number of hydrogen-bond acceptors (Lipinski definition) is 6. The van der Waals surface area contributed by atoms with Crippen molar-refractivity contribution >= 4 is 0 Å². The molecule has 1 aromatic rings. The highest BCUT2D eigenvalue weighted by Crippen LogP contribution is 2.36. The fourth-order valence-corrected chi connectivity index (χ4v) is 3.62. The van der Waals surface area contributed by atoms with Crippen LogP contribution in [0.2, 0.25) is 0 Å². The van der Waals surface area contributed by atoms with Crippen LogP contribution in [0.3, 0.4) is 0 Å². The van der Waals surface area contributed by atoms with E-state index in [1.165, 1.54) is 32.0 Å². The molecular weight excluding hydrogens is 260 g/mol. The monoisotopic (exact) mass is 280 g/mol. The Hall–Kier alpha value is -1.02. The van der Waals surface area contributed by atoms with Crippen molar-refractivity contribution in [2.75, 3.05) is 6.61 Å². The zero-order valence-corrected chi connectivity index (χ0v) is 11.3. The number of nitrogens with one attached hydrogen (secondary N) is 1. The molecule has 2 saturated heterocycles. The maximum atomic E-state index is 10.7. The molecule has 1 aromatic heterocycles. The lowest BCUT2D eigenvalue weighted by molar-refractivity contribution is -0.169. The summed E-state index contributed by atoms with van der Waals surface area (Å²) in [5, 5.41) is 18.4. The maximum absolute atomic E-state index is 10.7. The minimum absolute atomic E-state index is 0.0737. The molecule has 4 rings (SSSR count). The van der Waals surface area contributed by atoms with Crippen molar-refractivity contribution in [3.63, 3.8) is 0 Å². The fraction of sp³-hybridized carbons (Fsp3) is 0.846. The second-order valence-corrected chi connectivity index (χ2v) is 5.91. The van der Waals surface area contributed by atoms with E-state index in [4.69, 9.17) is 9.47 Å². The standard InChI is InChI=1S/C13H20N4O3/c18-12-10(16-8-3-1-2-4-8)9-5-19-13(20-9)11(12)17-7-14-6-15-17/h6-13,16,18H,1-5H2/t9-,10-,11-,12+,13-/m1/s1. The Morgan fingerprint density at radius 1 is 1.30 bits per heavy atom. The Kier molecular flexibility index (Phi) is 3.22. The van der Waals surface area contributed by atoms with Crippen LogP contribution in [0.15, 0.2) is 12.7 Å². The molecule has 2 aliphatic heterocycles. The molecule has 2 N–H and O–H groups in total. The average molecular weight is 280 g/mol. The van der Waals surface area contributed by atoms with E-state index in [9.17, 15) is 5.11 Å². The van der Waals surface area contributed by atoms with Gasteiger partial charge in [0.1, 0.15) is 24.8 Å². The van der Waals surface area contributed by atoms with Gasteiger partial charge in [0.2, 0.25) is 0 Å². The van der Waals surface area contributed by atoms with Gasteiger partial charge in [-0.3, -0.25) is 0 Å². The molecule has 7 nitrogen and oxygen atoms in total. The van der Waals surface area contributed by atoms with Gasteiger partial charge in [0.15, 0.2) is 6.29 Å². The Balaban J connectivity index is 1.55. The van der Waals surface area contributed by atoms with Crippen LogP contribution in [0.4, 0.5) is 0 Å². The van der Waals surface area contributed by atoms with Crippen LogP contribution in [-0.2, 0) is 9.47 Å². The molecule has 110 valence electrons. The van der Waals surface area contributed by atoms with Crippen molar-refractivity contribution < 1.29 is 14.6 Å². The number of ether oxygens (including phenoxy) is 2. The molecule has 0 amide bonds. The first kappa shape index (κ1) is 12.7. The van der Waals surface area contributed by atoms with Gasteiger partial charge in [-0.15, -0.1) is 0 Å². The Bertz CT molecular complexity index is 448. The number of aliphatic hydroxyl groups excluding tert-OH is 1. The number of hydrogen-bond donors (Lipinski definition) is 2. The van der Waals surface area contributed by atoms with Crippen molar-refractivity contribution in [2.45, 2.75) is 62.3 Å². The summed E-state index contributed by atoms with van der Waals surface area (Å²) in [5.74, 6) is 0. The fourth-order valence-electron chi connectivity index (χ4n) is 3.62. The minimum atomic E-state index is -0.580. The lowest BCUT2D eigenvalue weighted by atomic mass is 9.95. The van der Waals surface area contributed by atoms with Gasteiger partial charge in [-0.25, -0.2) is 9.67 Å². The van der Waals surface area contributed by atoms with Crippen LogP contribution in [0.5, 0.6) is 0 Å². The molecule has 0 aromatic carbocycles. The predicted molar refractivity (Wildman–Crippen MR) is 68.9 cm³/mol. The van der Waals surface area contributed by atoms with Gasteiger partial charge in [-0.05, 0) is 12.8 Å². The number of fused-ring (bicyclic) bond motifs is 2. The van der Waals surface area contributed by atoms with E-state index in [1.54, 1.807) is 11.0 Å². The maximum Gasteiger partial charge on any atom is 0.183 e.